The van der Waals surface area contributed by atoms with Crippen molar-refractivity contribution in [2.45, 2.75) is 0 Å². The van der Waals surface area contributed by atoms with E-state index in [1.807, 2.05) is 24.3 Å². The van der Waals surface area contributed by atoms with Crippen LogP contribution in [0.1, 0.15) is 10.4 Å². The van der Waals surface area contributed by atoms with Gasteiger partial charge in [0.1, 0.15) is 12.4 Å². The third kappa shape index (κ3) is 4.79. The summed E-state index contributed by atoms with van der Waals surface area (Å²) in [6, 6.07) is 15.9. The van der Waals surface area contributed by atoms with Crippen LogP contribution in [-0.4, -0.2) is 60.2 Å². The van der Waals surface area contributed by atoms with Crippen molar-refractivity contribution >= 4 is 11.6 Å². The number of benzene rings is 2. The topological polar surface area (TPSA) is 109 Å². The van der Waals surface area contributed by atoms with Crippen molar-refractivity contribution in [2.75, 3.05) is 34.5 Å². The summed E-state index contributed by atoms with van der Waals surface area (Å²) in [6.45, 7) is 0.520. The number of aromatic nitrogens is 4. The number of nitrogens with one attached hydrogen (secondary N) is 1. The zero-order valence-corrected chi connectivity index (χ0v) is 18.4. The van der Waals surface area contributed by atoms with E-state index in [4.69, 9.17) is 18.9 Å². The lowest BCUT2D eigenvalue weighted by atomic mass is 10.2. The predicted octanol–water partition coefficient (Wildman–Crippen LogP) is 2.63. The van der Waals surface area contributed by atoms with Gasteiger partial charge in [0.15, 0.2) is 23.0 Å². The summed E-state index contributed by atoms with van der Waals surface area (Å²) in [5.74, 6) is 2.45. The van der Waals surface area contributed by atoms with Crippen LogP contribution in [0.4, 0.5) is 0 Å². The Hall–Kier alpha value is -4.34. The van der Waals surface area contributed by atoms with Crippen molar-refractivity contribution in [3.05, 3.63) is 60.2 Å². The number of methoxy groups -OCH3 is 3. The maximum atomic E-state index is 12.4. The monoisotopic (exact) mass is 449 g/mol. The maximum absolute atomic E-state index is 12.4. The first-order valence-corrected chi connectivity index (χ1v) is 10.1. The predicted molar refractivity (Wildman–Crippen MR) is 120 cm³/mol. The van der Waals surface area contributed by atoms with Crippen molar-refractivity contribution in [3.8, 4) is 34.5 Å². The van der Waals surface area contributed by atoms with E-state index in [0.29, 0.717) is 40.2 Å². The molecule has 0 aliphatic carbocycles. The second-order valence-electron chi connectivity index (χ2n) is 6.87. The number of ether oxygens (including phenoxy) is 4. The third-order valence-electron chi connectivity index (χ3n) is 4.85. The molecule has 2 aromatic carbocycles. The van der Waals surface area contributed by atoms with Crippen molar-refractivity contribution in [1.29, 1.82) is 0 Å². The number of nitrogens with zero attached hydrogens (tertiary/aromatic N) is 4. The molecule has 33 heavy (non-hydrogen) atoms. The fourth-order valence-corrected chi connectivity index (χ4v) is 3.19. The molecule has 2 aromatic heterocycles. The molecule has 0 atom stereocenters. The van der Waals surface area contributed by atoms with E-state index in [0.717, 1.165) is 5.56 Å². The molecule has 2 heterocycles. The molecule has 0 aliphatic rings. The molecule has 0 saturated heterocycles. The zero-order valence-electron chi connectivity index (χ0n) is 18.4. The van der Waals surface area contributed by atoms with E-state index >= 15 is 0 Å². The summed E-state index contributed by atoms with van der Waals surface area (Å²) in [5, 5.41) is 15.6. The molecule has 1 N–H and O–H groups in total. The van der Waals surface area contributed by atoms with Crippen LogP contribution in [0, 0.1) is 0 Å². The SMILES string of the molecule is COc1cccc(-c2nnc3ccc(OCCNC(=O)c4ccc(OC)c(OC)c4)nn23)c1. The van der Waals surface area contributed by atoms with Crippen LogP contribution in [0.25, 0.3) is 17.0 Å². The normalized spacial score (nSPS) is 10.6. The molecule has 10 heteroatoms. The van der Waals surface area contributed by atoms with Gasteiger partial charge < -0.3 is 24.3 Å². The Morgan fingerprint density at radius 2 is 1.79 bits per heavy atom. The van der Waals surface area contributed by atoms with Gasteiger partial charge in [-0.1, -0.05) is 12.1 Å². The van der Waals surface area contributed by atoms with Gasteiger partial charge in [-0.15, -0.1) is 15.3 Å². The van der Waals surface area contributed by atoms with Gasteiger partial charge in [0.25, 0.3) is 5.91 Å². The van der Waals surface area contributed by atoms with Crippen molar-refractivity contribution in [2.24, 2.45) is 0 Å². The van der Waals surface area contributed by atoms with E-state index < -0.39 is 0 Å². The number of rotatable bonds is 9. The van der Waals surface area contributed by atoms with Crippen LogP contribution in [0.15, 0.2) is 54.6 Å². The molecule has 170 valence electrons. The van der Waals surface area contributed by atoms with E-state index in [1.165, 1.54) is 7.11 Å². The Balaban J connectivity index is 1.39. The molecule has 0 aliphatic heterocycles. The van der Waals surface area contributed by atoms with E-state index in [1.54, 1.807) is 49.1 Å². The highest BCUT2D eigenvalue weighted by molar-refractivity contribution is 5.94. The highest BCUT2D eigenvalue weighted by Crippen LogP contribution is 2.27. The number of amides is 1. The van der Waals surface area contributed by atoms with Gasteiger partial charge in [0.05, 0.1) is 27.9 Å². The molecule has 4 aromatic rings. The van der Waals surface area contributed by atoms with Gasteiger partial charge in [0, 0.05) is 17.2 Å². The van der Waals surface area contributed by atoms with Gasteiger partial charge in [-0.2, -0.15) is 4.52 Å². The average Bonchev–Trinajstić information content (AvgIpc) is 3.29. The van der Waals surface area contributed by atoms with Crippen LogP contribution >= 0.6 is 0 Å². The average molecular weight is 449 g/mol. The molecule has 4 rings (SSSR count). The smallest absolute Gasteiger partial charge is 0.251 e. The Labute approximate surface area is 190 Å². The fourth-order valence-electron chi connectivity index (χ4n) is 3.19. The number of fused-ring (bicyclic) bond motifs is 1. The van der Waals surface area contributed by atoms with Gasteiger partial charge in [-0.05, 0) is 36.4 Å². The standard InChI is InChI=1S/C23H23N5O5/c1-30-17-6-4-5-15(13-17)22-26-25-20-9-10-21(27-28(20)22)33-12-11-24-23(29)16-7-8-18(31-2)19(14-16)32-3/h4-10,13-14H,11-12H2,1-3H3,(H,24,29). The second-order valence-corrected chi connectivity index (χ2v) is 6.87. The zero-order chi connectivity index (χ0) is 23.2. The summed E-state index contributed by atoms with van der Waals surface area (Å²) in [5.41, 5.74) is 1.86. The molecular weight excluding hydrogens is 426 g/mol. The van der Waals surface area contributed by atoms with E-state index in [-0.39, 0.29) is 19.1 Å². The molecule has 0 fully saturated rings. The first-order chi connectivity index (χ1) is 16.1. The first kappa shape index (κ1) is 21.9. The molecule has 0 bridgehead atoms. The highest BCUT2D eigenvalue weighted by atomic mass is 16.5. The van der Waals surface area contributed by atoms with Crippen LogP contribution in [0.5, 0.6) is 23.1 Å². The quantitative estimate of drug-likeness (QED) is 0.389. The molecule has 0 radical (unpaired) electrons. The van der Waals surface area contributed by atoms with E-state index in [9.17, 15) is 4.79 Å². The Morgan fingerprint density at radius 3 is 2.58 bits per heavy atom. The molecular formula is C23H23N5O5. The third-order valence-corrected chi connectivity index (χ3v) is 4.85. The molecule has 0 spiro atoms. The summed E-state index contributed by atoms with van der Waals surface area (Å²) in [4.78, 5) is 12.4. The van der Waals surface area contributed by atoms with Gasteiger partial charge in [0.2, 0.25) is 5.88 Å². The Bertz CT molecular complexity index is 1270. The lowest BCUT2D eigenvalue weighted by molar-refractivity contribution is 0.0946. The number of hydrogen-bond donors (Lipinski definition) is 1. The summed E-state index contributed by atoms with van der Waals surface area (Å²) in [6.07, 6.45) is 0. The van der Waals surface area contributed by atoms with Crippen LogP contribution in [0.2, 0.25) is 0 Å². The summed E-state index contributed by atoms with van der Waals surface area (Å²) in [7, 11) is 4.67. The number of carbonyl (C=O) groups excluding carboxylic acids is 1. The number of hydrogen-bond acceptors (Lipinski definition) is 8. The minimum absolute atomic E-state index is 0.230. The lowest BCUT2D eigenvalue weighted by Gasteiger charge is -2.10. The minimum atomic E-state index is -0.248. The maximum Gasteiger partial charge on any atom is 0.251 e. The number of carbonyl (C=O) groups is 1. The summed E-state index contributed by atoms with van der Waals surface area (Å²) < 4.78 is 23.0. The largest absolute Gasteiger partial charge is 0.497 e. The van der Waals surface area contributed by atoms with Crippen LogP contribution in [0.3, 0.4) is 0 Å². The highest BCUT2D eigenvalue weighted by Gasteiger charge is 2.12. The Morgan fingerprint density at radius 1 is 0.939 bits per heavy atom. The molecule has 1 amide bonds. The van der Waals surface area contributed by atoms with Crippen LogP contribution in [-0.2, 0) is 0 Å². The van der Waals surface area contributed by atoms with Crippen LogP contribution < -0.4 is 24.3 Å². The minimum Gasteiger partial charge on any atom is -0.497 e. The summed E-state index contributed by atoms with van der Waals surface area (Å²) >= 11 is 0. The molecule has 10 nitrogen and oxygen atoms in total. The fraction of sp³-hybridized carbons (Fsp3) is 0.217. The first-order valence-electron chi connectivity index (χ1n) is 10.1. The van der Waals surface area contributed by atoms with Gasteiger partial charge in [-0.3, -0.25) is 4.79 Å². The Kier molecular flexibility index (Phi) is 6.53. The molecule has 0 saturated carbocycles. The lowest BCUT2D eigenvalue weighted by Crippen LogP contribution is -2.28. The van der Waals surface area contributed by atoms with E-state index in [2.05, 4.69) is 20.6 Å². The molecule has 0 unspecified atom stereocenters. The van der Waals surface area contributed by atoms with Crippen molar-refractivity contribution < 1.29 is 23.7 Å². The van der Waals surface area contributed by atoms with Gasteiger partial charge in [-0.25, -0.2) is 0 Å². The van der Waals surface area contributed by atoms with Gasteiger partial charge >= 0.3 is 0 Å². The van der Waals surface area contributed by atoms with Crippen molar-refractivity contribution in [1.82, 2.24) is 25.1 Å². The van der Waals surface area contributed by atoms with Crippen molar-refractivity contribution in [3.63, 3.8) is 0 Å². The second kappa shape index (κ2) is 9.86.